The second kappa shape index (κ2) is 8.37. The number of nitrogens with one attached hydrogen (secondary N) is 1. The van der Waals surface area contributed by atoms with Crippen LogP contribution in [0, 0.1) is 0 Å². The molecular formula is C20H22BrN3O5S. The van der Waals surface area contributed by atoms with E-state index in [4.69, 9.17) is 4.74 Å². The smallest absolute Gasteiger partial charge is 0.325 e. The van der Waals surface area contributed by atoms with Crippen LogP contribution in [0.3, 0.4) is 0 Å². The molecule has 0 saturated carbocycles. The van der Waals surface area contributed by atoms with E-state index in [1.165, 1.54) is 38.4 Å². The highest BCUT2D eigenvalue weighted by Crippen LogP contribution is 2.33. The van der Waals surface area contributed by atoms with Crippen molar-refractivity contribution < 1.29 is 22.7 Å². The summed E-state index contributed by atoms with van der Waals surface area (Å²) in [7, 11) is -0.601. The number of carbonyl (C=O) groups is 2. The van der Waals surface area contributed by atoms with E-state index in [0.29, 0.717) is 11.3 Å². The SMILES string of the molecule is CN(C)S(=O)(=O)c1ccc(OCCN2C(=O)NC(C)(c3ccccc3Br)C2=O)cc1. The minimum absolute atomic E-state index is 0.0580. The zero-order chi connectivity index (χ0) is 22.1. The maximum Gasteiger partial charge on any atom is 0.325 e. The van der Waals surface area contributed by atoms with Crippen LogP contribution in [0.15, 0.2) is 57.9 Å². The van der Waals surface area contributed by atoms with Crippen LogP contribution in [0.1, 0.15) is 12.5 Å². The van der Waals surface area contributed by atoms with Crippen LogP contribution in [-0.2, 0) is 20.4 Å². The van der Waals surface area contributed by atoms with E-state index in [0.717, 1.165) is 13.7 Å². The molecule has 160 valence electrons. The van der Waals surface area contributed by atoms with Gasteiger partial charge in [-0.05, 0) is 37.3 Å². The number of amides is 3. The molecule has 1 heterocycles. The minimum atomic E-state index is -3.52. The number of carbonyl (C=O) groups excluding carboxylic acids is 2. The van der Waals surface area contributed by atoms with E-state index in [9.17, 15) is 18.0 Å². The second-order valence-corrected chi connectivity index (χ2v) is 10.1. The number of rotatable bonds is 7. The van der Waals surface area contributed by atoms with Crippen molar-refractivity contribution >= 4 is 37.9 Å². The van der Waals surface area contributed by atoms with E-state index in [1.807, 2.05) is 12.1 Å². The van der Waals surface area contributed by atoms with Gasteiger partial charge in [-0.2, -0.15) is 0 Å². The molecule has 2 aromatic rings. The number of imide groups is 1. The van der Waals surface area contributed by atoms with Crippen molar-refractivity contribution in [1.29, 1.82) is 0 Å². The van der Waals surface area contributed by atoms with Crippen molar-refractivity contribution in [2.75, 3.05) is 27.2 Å². The molecule has 3 amide bonds. The first-order valence-corrected chi connectivity index (χ1v) is 11.3. The number of urea groups is 1. The van der Waals surface area contributed by atoms with Crippen molar-refractivity contribution in [3.8, 4) is 5.75 Å². The Labute approximate surface area is 184 Å². The molecule has 10 heteroatoms. The molecule has 3 rings (SSSR count). The van der Waals surface area contributed by atoms with Crippen LogP contribution >= 0.6 is 15.9 Å². The summed E-state index contributed by atoms with van der Waals surface area (Å²) >= 11 is 3.43. The number of ether oxygens (including phenoxy) is 1. The van der Waals surface area contributed by atoms with Gasteiger partial charge in [-0.15, -0.1) is 0 Å². The summed E-state index contributed by atoms with van der Waals surface area (Å²) in [6.07, 6.45) is 0. The molecule has 1 saturated heterocycles. The van der Waals surface area contributed by atoms with Gasteiger partial charge in [-0.25, -0.2) is 17.5 Å². The molecule has 1 N–H and O–H groups in total. The van der Waals surface area contributed by atoms with Gasteiger partial charge < -0.3 is 10.1 Å². The van der Waals surface area contributed by atoms with Gasteiger partial charge in [0.25, 0.3) is 5.91 Å². The molecule has 0 spiro atoms. The Hall–Kier alpha value is -2.43. The molecule has 0 aromatic heterocycles. The number of hydrogen-bond acceptors (Lipinski definition) is 5. The number of nitrogens with zero attached hydrogens (tertiary/aromatic N) is 2. The molecule has 30 heavy (non-hydrogen) atoms. The molecule has 1 aliphatic heterocycles. The summed E-state index contributed by atoms with van der Waals surface area (Å²) in [5.41, 5.74) is -0.497. The number of benzene rings is 2. The zero-order valence-corrected chi connectivity index (χ0v) is 19.2. The van der Waals surface area contributed by atoms with Gasteiger partial charge in [0.1, 0.15) is 17.9 Å². The van der Waals surface area contributed by atoms with E-state index in [-0.39, 0.29) is 24.0 Å². The predicted molar refractivity (Wildman–Crippen MR) is 115 cm³/mol. The lowest BCUT2D eigenvalue weighted by Gasteiger charge is -2.23. The molecular weight excluding hydrogens is 474 g/mol. The van der Waals surface area contributed by atoms with Crippen LogP contribution in [0.25, 0.3) is 0 Å². The molecule has 8 nitrogen and oxygen atoms in total. The predicted octanol–water partition coefficient (Wildman–Crippen LogP) is 2.55. The topological polar surface area (TPSA) is 96.0 Å². The average Bonchev–Trinajstić information content (AvgIpc) is 2.92. The molecule has 2 aromatic carbocycles. The van der Waals surface area contributed by atoms with Gasteiger partial charge >= 0.3 is 6.03 Å². The third-order valence-electron chi connectivity index (χ3n) is 4.87. The van der Waals surface area contributed by atoms with Crippen LogP contribution in [0.2, 0.25) is 0 Å². The Balaban J connectivity index is 1.65. The van der Waals surface area contributed by atoms with Crippen molar-refractivity contribution in [2.24, 2.45) is 0 Å². The molecule has 1 aliphatic rings. The van der Waals surface area contributed by atoms with Crippen LogP contribution in [0.5, 0.6) is 5.75 Å². The highest BCUT2D eigenvalue weighted by atomic mass is 79.9. The fraction of sp³-hybridized carbons (Fsp3) is 0.300. The lowest BCUT2D eigenvalue weighted by molar-refractivity contribution is -0.131. The normalized spacial score (nSPS) is 19.3. The summed E-state index contributed by atoms with van der Waals surface area (Å²) in [6, 6.07) is 12.7. The van der Waals surface area contributed by atoms with Gasteiger partial charge in [0.2, 0.25) is 10.0 Å². The quantitative estimate of drug-likeness (QED) is 0.595. The van der Waals surface area contributed by atoms with Gasteiger partial charge in [-0.1, -0.05) is 34.1 Å². The Kier molecular flexibility index (Phi) is 6.21. The molecule has 1 fully saturated rings. The van der Waals surface area contributed by atoms with E-state index < -0.39 is 21.6 Å². The maximum absolute atomic E-state index is 12.9. The first kappa shape index (κ1) is 22.3. The van der Waals surface area contributed by atoms with Crippen molar-refractivity contribution in [3.05, 3.63) is 58.6 Å². The summed E-state index contributed by atoms with van der Waals surface area (Å²) in [6.45, 7) is 1.80. The molecule has 0 bridgehead atoms. The number of halogens is 1. The highest BCUT2D eigenvalue weighted by Gasteiger charge is 2.49. The average molecular weight is 496 g/mol. The van der Waals surface area contributed by atoms with E-state index in [1.54, 1.807) is 19.1 Å². The lowest BCUT2D eigenvalue weighted by atomic mass is 9.92. The Morgan fingerprint density at radius 1 is 1.10 bits per heavy atom. The Morgan fingerprint density at radius 2 is 1.73 bits per heavy atom. The lowest BCUT2D eigenvalue weighted by Crippen LogP contribution is -2.41. The van der Waals surface area contributed by atoms with Gasteiger partial charge in [0.05, 0.1) is 11.4 Å². The van der Waals surface area contributed by atoms with Crippen molar-refractivity contribution in [2.45, 2.75) is 17.4 Å². The zero-order valence-electron chi connectivity index (χ0n) is 16.8. The minimum Gasteiger partial charge on any atom is -0.492 e. The molecule has 1 atom stereocenters. The van der Waals surface area contributed by atoms with Gasteiger partial charge in [0, 0.05) is 24.1 Å². The van der Waals surface area contributed by atoms with Crippen molar-refractivity contribution in [1.82, 2.24) is 14.5 Å². The van der Waals surface area contributed by atoms with Crippen LogP contribution < -0.4 is 10.1 Å². The van der Waals surface area contributed by atoms with Crippen molar-refractivity contribution in [3.63, 3.8) is 0 Å². The van der Waals surface area contributed by atoms with Crippen LogP contribution in [0.4, 0.5) is 4.79 Å². The third-order valence-corrected chi connectivity index (χ3v) is 7.39. The summed E-state index contributed by atoms with van der Waals surface area (Å²) in [5.74, 6) is 0.0729. The largest absolute Gasteiger partial charge is 0.492 e. The second-order valence-electron chi connectivity index (χ2n) is 7.10. The van der Waals surface area contributed by atoms with E-state index in [2.05, 4.69) is 21.2 Å². The Morgan fingerprint density at radius 3 is 2.33 bits per heavy atom. The van der Waals surface area contributed by atoms with Gasteiger partial charge in [-0.3, -0.25) is 9.69 Å². The fourth-order valence-corrected chi connectivity index (χ4v) is 4.71. The first-order valence-electron chi connectivity index (χ1n) is 9.12. The monoisotopic (exact) mass is 495 g/mol. The maximum atomic E-state index is 12.9. The standard InChI is InChI=1S/C20H22BrN3O5S/c1-20(16-6-4-5-7-17(16)21)18(25)24(19(26)22-20)12-13-29-14-8-10-15(11-9-14)30(27,28)23(2)3/h4-11H,12-13H2,1-3H3,(H,22,26). The molecule has 0 radical (unpaired) electrons. The number of hydrogen-bond donors (Lipinski definition) is 1. The first-order chi connectivity index (χ1) is 14.1. The number of sulfonamides is 1. The van der Waals surface area contributed by atoms with Crippen LogP contribution in [-0.4, -0.2) is 56.8 Å². The molecule has 0 aliphatic carbocycles. The highest BCUT2D eigenvalue weighted by molar-refractivity contribution is 9.10. The fourth-order valence-electron chi connectivity index (χ4n) is 3.12. The summed E-state index contributed by atoms with van der Waals surface area (Å²) in [4.78, 5) is 26.6. The summed E-state index contributed by atoms with van der Waals surface area (Å²) in [5, 5.41) is 2.75. The summed E-state index contributed by atoms with van der Waals surface area (Å²) < 4.78 is 31.7. The van der Waals surface area contributed by atoms with E-state index >= 15 is 0 Å². The third kappa shape index (κ3) is 4.07. The van der Waals surface area contributed by atoms with Gasteiger partial charge in [0.15, 0.2) is 0 Å². The molecule has 1 unspecified atom stereocenters. The Bertz CT molecular complexity index is 1070.